The first-order valence-electron chi connectivity index (χ1n) is 15.2. The number of ether oxygens (including phenoxy) is 3. The van der Waals surface area contributed by atoms with Gasteiger partial charge < -0.3 is 19.5 Å². The third kappa shape index (κ3) is 9.61. The SMILES string of the molecule is COc1ccc(C[C@H](NC(=O)[C@H](C)CC(=O)CN2CCOCC2)C(=O)C[C@@H](C[C@@H]2CCC(F)(F)C2)C(=O)[C@@]2(C)CO2)cc1. The Morgan fingerprint density at radius 3 is 2.37 bits per heavy atom. The molecule has 2 saturated heterocycles. The van der Waals surface area contributed by atoms with Crippen LogP contribution in [0.3, 0.4) is 0 Å². The Morgan fingerprint density at radius 1 is 1.12 bits per heavy atom. The zero-order chi connectivity index (χ0) is 31.2. The van der Waals surface area contributed by atoms with Gasteiger partial charge in [0.15, 0.2) is 11.6 Å². The molecule has 1 saturated carbocycles. The standard InChI is InChI=1S/C32H44F2N2O7/c1-21(14-25(37)19-36-10-12-42-13-11-36)30(40)35-27(16-22-4-6-26(41-3)7-5-22)28(38)17-24(29(39)31(2)20-43-31)15-23-8-9-32(33,34)18-23/h4-7,21,23-24,27H,8-20H2,1-3H3,(H,35,40)/t21-,23+,24-,27+,31-/m1/s1. The van der Waals surface area contributed by atoms with Crippen LogP contribution in [0.25, 0.3) is 0 Å². The molecule has 5 atom stereocenters. The Bertz CT molecular complexity index is 1150. The molecule has 0 spiro atoms. The average Bonchev–Trinajstić information content (AvgIpc) is 3.64. The number of hydrogen-bond acceptors (Lipinski definition) is 8. The van der Waals surface area contributed by atoms with E-state index in [1.54, 1.807) is 45.2 Å². The van der Waals surface area contributed by atoms with Crippen molar-refractivity contribution < 1.29 is 42.2 Å². The van der Waals surface area contributed by atoms with E-state index in [-0.39, 0.29) is 74.9 Å². The molecule has 4 rings (SSSR count). The van der Waals surface area contributed by atoms with Crippen LogP contribution in [0.2, 0.25) is 0 Å². The van der Waals surface area contributed by atoms with E-state index in [1.807, 2.05) is 4.90 Å². The van der Waals surface area contributed by atoms with E-state index in [9.17, 15) is 28.0 Å². The van der Waals surface area contributed by atoms with Crippen molar-refractivity contribution in [1.82, 2.24) is 10.2 Å². The summed E-state index contributed by atoms with van der Waals surface area (Å²) in [5.74, 6) is -5.07. The zero-order valence-electron chi connectivity index (χ0n) is 25.4. The number of Topliss-reactive ketones (excluding diaryl/α,β-unsaturated/α-hetero) is 3. The van der Waals surface area contributed by atoms with Crippen LogP contribution in [0.1, 0.15) is 57.9 Å². The average molecular weight is 607 g/mol. The van der Waals surface area contributed by atoms with Crippen molar-refractivity contribution in [3.63, 3.8) is 0 Å². The van der Waals surface area contributed by atoms with Crippen LogP contribution in [0, 0.1) is 17.8 Å². The molecule has 0 unspecified atom stereocenters. The molecule has 2 aliphatic heterocycles. The Balaban J connectivity index is 1.45. The number of hydrogen-bond donors (Lipinski definition) is 1. The molecule has 1 aromatic carbocycles. The number of carbonyl (C=O) groups excluding carboxylic acids is 4. The van der Waals surface area contributed by atoms with Gasteiger partial charge >= 0.3 is 0 Å². The molecular formula is C32H44F2N2O7. The van der Waals surface area contributed by atoms with Gasteiger partial charge in [-0.25, -0.2) is 8.78 Å². The maximum atomic E-state index is 14.0. The molecule has 0 aromatic heterocycles. The largest absolute Gasteiger partial charge is 0.497 e. The molecule has 0 radical (unpaired) electrons. The van der Waals surface area contributed by atoms with E-state index in [1.165, 1.54) is 0 Å². The molecule has 3 aliphatic rings. The van der Waals surface area contributed by atoms with Crippen molar-refractivity contribution in [3.8, 4) is 5.75 Å². The fraction of sp³-hybridized carbons (Fsp3) is 0.688. The lowest BCUT2D eigenvalue weighted by Crippen LogP contribution is -2.46. The Kier molecular flexibility index (Phi) is 11.1. The van der Waals surface area contributed by atoms with Gasteiger partial charge in [0.2, 0.25) is 11.8 Å². The highest BCUT2D eigenvalue weighted by Crippen LogP contribution is 2.43. The maximum absolute atomic E-state index is 14.0. The molecule has 3 fully saturated rings. The molecule has 43 heavy (non-hydrogen) atoms. The molecule has 1 N–H and O–H groups in total. The van der Waals surface area contributed by atoms with E-state index in [2.05, 4.69) is 5.32 Å². The van der Waals surface area contributed by atoms with Gasteiger partial charge in [-0.1, -0.05) is 19.1 Å². The lowest BCUT2D eigenvalue weighted by atomic mass is 9.81. The van der Waals surface area contributed by atoms with Crippen molar-refractivity contribution in [3.05, 3.63) is 29.8 Å². The topological polar surface area (TPSA) is 115 Å². The van der Waals surface area contributed by atoms with Gasteiger partial charge in [0.05, 0.1) is 39.5 Å². The van der Waals surface area contributed by atoms with Gasteiger partial charge in [0, 0.05) is 50.6 Å². The van der Waals surface area contributed by atoms with Gasteiger partial charge in [-0.05, 0) is 49.8 Å². The number of nitrogens with zero attached hydrogens (tertiary/aromatic N) is 1. The summed E-state index contributed by atoms with van der Waals surface area (Å²) in [4.78, 5) is 55.1. The summed E-state index contributed by atoms with van der Waals surface area (Å²) in [6.45, 7) is 6.23. The number of epoxide rings is 1. The molecule has 0 bridgehead atoms. The van der Waals surface area contributed by atoms with E-state index in [0.717, 1.165) is 5.56 Å². The number of carbonyl (C=O) groups is 4. The second-order valence-corrected chi connectivity index (χ2v) is 12.6. The number of alkyl halides is 2. The highest BCUT2D eigenvalue weighted by molar-refractivity contribution is 5.97. The van der Waals surface area contributed by atoms with E-state index < -0.39 is 35.3 Å². The zero-order valence-corrected chi connectivity index (χ0v) is 25.4. The van der Waals surface area contributed by atoms with Crippen LogP contribution in [0.5, 0.6) is 5.75 Å². The first-order valence-corrected chi connectivity index (χ1v) is 15.2. The fourth-order valence-corrected chi connectivity index (χ4v) is 6.06. The molecular weight excluding hydrogens is 562 g/mol. The van der Waals surface area contributed by atoms with Crippen LogP contribution < -0.4 is 10.1 Å². The number of amides is 1. The first kappa shape index (κ1) is 33.1. The van der Waals surface area contributed by atoms with Crippen LogP contribution in [0.4, 0.5) is 8.78 Å². The van der Waals surface area contributed by atoms with Gasteiger partial charge in [0.25, 0.3) is 0 Å². The quantitative estimate of drug-likeness (QED) is 0.285. The predicted octanol–water partition coefficient (Wildman–Crippen LogP) is 3.41. The van der Waals surface area contributed by atoms with Crippen molar-refractivity contribution in [1.29, 1.82) is 0 Å². The Hall–Kier alpha value is -2.76. The summed E-state index contributed by atoms with van der Waals surface area (Å²) in [6.07, 6.45) is -0.0493. The van der Waals surface area contributed by atoms with Crippen LogP contribution in [-0.2, 0) is 35.1 Å². The van der Waals surface area contributed by atoms with E-state index in [4.69, 9.17) is 14.2 Å². The maximum Gasteiger partial charge on any atom is 0.248 e. The molecule has 238 valence electrons. The van der Waals surface area contributed by atoms with Crippen LogP contribution in [-0.4, -0.2) is 92.3 Å². The second kappa shape index (κ2) is 14.3. The number of morpholine rings is 1. The second-order valence-electron chi connectivity index (χ2n) is 12.6. The van der Waals surface area contributed by atoms with Crippen molar-refractivity contribution >= 4 is 23.3 Å². The molecule has 1 aromatic rings. The fourth-order valence-electron chi connectivity index (χ4n) is 6.06. The van der Waals surface area contributed by atoms with Crippen LogP contribution in [0.15, 0.2) is 24.3 Å². The number of halogens is 2. The molecule has 9 nitrogen and oxygen atoms in total. The summed E-state index contributed by atoms with van der Waals surface area (Å²) in [6, 6.07) is 6.13. The molecule has 1 amide bonds. The summed E-state index contributed by atoms with van der Waals surface area (Å²) in [5, 5.41) is 2.84. The number of ketones is 3. The summed E-state index contributed by atoms with van der Waals surface area (Å²) in [5.41, 5.74) is -0.234. The molecule has 2 heterocycles. The lowest BCUT2D eigenvalue weighted by molar-refractivity contribution is -0.134. The Morgan fingerprint density at radius 2 is 1.79 bits per heavy atom. The minimum absolute atomic E-state index is 0.0271. The smallest absolute Gasteiger partial charge is 0.248 e. The minimum Gasteiger partial charge on any atom is -0.497 e. The highest BCUT2D eigenvalue weighted by atomic mass is 19.3. The van der Waals surface area contributed by atoms with Gasteiger partial charge in [-0.15, -0.1) is 0 Å². The van der Waals surface area contributed by atoms with E-state index >= 15 is 0 Å². The van der Waals surface area contributed by atoms with Crippen molar-refractivity contribution in [2.45, 2.75) is 76.4 Å². The van der Waals surface area contributed by atoms with Crippen molar-refractivity contribution in [2.75, 3.05) is 46.6 Å². The van der Waals surface area contributed by atoms with Gasteiger partial charge in [-0.3, -0.25) is 24.1 Å². The van der Waals surface area contributed by atoms with Gasteiger partial charge in [0.1, 0.15) is 17.1 Å². The predicted molar refractivity (Wildman–Crippen MR) is 154 cm³/mol. The summed E-state index contributed by atoms with van der Waals surface area (Å²) < 4.78 is 43.8. The lowest BCUT2D eigenvalue weighted by Gasteiger charge is -2.26. The molecule has 1 aliphatic carbocycles. The Labute approximate surface area is 252 Å². The monoisotopic (exact) mass is 606 g/mol. The third-order valence-electron chi connectivity index (χ3n) is 8.83. The number of methoxy groups -OCH3 is 1. The normalized spacial score (nSPS) is 25.4. The minimum atomic E-state index is -2.76. The number of benzene rings is 1. The van der Waals surface area contributed by atoms with E-state index in [0.29, 0.717) is 38.5 Å². The summed E-state index contributed by atoms with van der Waals surface area (Å²) >= 11 is 0. The molecule has 11 heteroatoms. The summed E-state index contributed by atoms with van der Waals surface area (Å²) in [7, 11) is 1.55. The first-order chi connectivity index (χ1) is 20.4. The number of nitrogens with one attached hydrogen (secondary N) is 1. The third-order valence-corrected chi connectivity index (χ3v) is 8.83. The highest BCUT2D eigenvalue weighted by Gasteiger charge is 2.51. The number of rotatable bonds is 16. The van der Waals surface area contributed by atoms with Crippen molar-refractivity contribution in [2.24, 2.45) is 17.8 Å². The van der Waals surface area contributed by atoms with Crippen LogP contribution >= 0.6 is 0 Å². The van der Waals surface area contributed by atoms with Gasteiger partial charge in [-0.2, -0.15) is 0 Å².